The largest absolute Gasteiger partial charge is 0.349 e. The van der Waals surface area contributed by atoms with Crippen LogP contribution in [0.15, 0.2) is 12.4 Å². The predicted octanol–water partition coefficient (Wildman–Crippen LogP) is 2.37. The van der Waals surface area contributed by atoms with Gasteiger partial charge in [0.05, 0.1) is 0 Å². The lowest BCUT2D eigenvalue weighted by molar-refractivity contribution is 0.439. The highest BCUT2D eigenvalue weighted by atomic mass is 14.9. The molecule has 0 radical (unpaired) electrons. The number of rotatable bonds is 7. The van der Waals surface area contributed by atoms with Crippen molar-refractivity contribution >= 4 is 0 Å². The van der Waals surface area contributed by atoms with Gasteiger partial charge in [-0.25, -0.2) is 4.98 Å². The van der Waals surface area contributed by atoms with Gasteiger partial charge in [0.1, 0.15) is 5.82 Å². The Morgan fingerprint density at radius 2 is 2.20 bits per heavy atom. The van der Waals surface area contributed by atoms with Gasteiger partial charge in [0.25, 0.3) is 0 Å². The van der Waals surface area contributed by atoms with Crippen LogP contribution in [0.5, 0.6) is 0 Å². The SMILES string of the molecule is CC(C)CC(C)NCCCc1ncc[nH]1. The van der Waals surface area contributed by atoms with Crippen LogP contribution in [-0.2, 0) is 6.42 Å². The van der Waals surface area contributed by atoms with Crippen molar-refractivity contribution in [1.82, 2.24) is 15.3 Å². The molecule has 86 valence electrons. The van der Waals surface area contributed by atoms with Crippen LogP contribution >= 0.6 is 0 Å². The monoisotopic (exact) mass is 209 g/mol. The number of nitrogens with one attached hydrogen (secondary N) is 2. The third-order valence-electron chi connectivity index (χ3n) is 2.46. The Morgan fingerprint density at radius 1 is 1.40 bits per heavy atom. The number of nitrogens with zero attached hydrogens (tertiary/aromatic N) is 1. The van der Waals surface area contributed by atoms with Crippen LogP contribution in [0.25, 0.3) is 0 Å². The maximum Gasteiger partial charge on any atom is 0.106 e. The molecule has 0 saturated heterocycles. The van der Waals surface area contributed by atoms with Gasteiger partial charge in [-0.2, -0.15) is 0 Å². The van der Waals surface area contributed by atoms with Crippen LogP contribution in [0.2, 0.25) is 0 Å². The minimum absolute atomic E-state index is 0.626. The summed E-state index contributed by atoms with van der Waals surface area (Å²) in [6.45, 7) is 7.86. The summed E-state index contributed by atoms with van der Waals surface area (Å²) >= 11 is 0. The lowest BCUT2D eigenvalue weighted by Gasteiger charge is -2.15. The van der Waals surface area contributed by atoms with E-state index >= 15 is 0 Å². The molecule has 0 aliphatic carbocycles. The highest BCUT2D eigenvalue weighted by Crippen LogP contribution is 2.03. The van der Waals surface area contributed by atoms with Gasteiger partial charge < -0.3 is 10.3 Å². The van der Waals surface area contributed by atoms with Crippen LogP contribution in [0.4, 0.5) is 0 Å². The molecule has 3 heteroatoms. The molecule has 15 heavy (non-hydrogen) atoms. The minimum Gasteiger partial charge on any atom is -0.349 e. The molecule has 2 N–H and O–H groups in total. The van der Waals surface area contributed by atoms with E-state index < -0.39 is 0 Å². The molecule has 1 heterocycles. The molecule has 1 rings (SSSR count). The van der Waals surface area contributed by atoms with E-state index in [-0.39, 0.29) is 0 Å². The number of aromatic amines is 1. The third kappa shape index (κ3) is 5.57. The van der Waals surface area contributed by atoms with Gasteiger partial charge in [0.2, 0.25) is 0 Å². The maximum absolute atomic E-state index is 4.20. The van der Waals surface area contributed by atoms with Crippen molar-refractivity contribution in [1.29, 1.82) is 0 Å². The molecular weight excluding hydrogens is 186 g/mol. The first-order chi connectivity index (χ1) is 7.18. The fraction of sp³-hybridized carbons (Fsp3) is 0.750. The van der Waals surface area contributed by atoms with E-state index in [1.807, 2.05) is 12.4 Å². The van der Waals surface area contributed by atoms with Crippen molar-refractivity contribution in [2.75, 3.05) is 6.54 Å². The van der Waals surface area contributed by atoms with E-state index in [2.05, 4.69) is 36.1 Å². The average Bonchev–Trinajstić information content (AvgIpc) is 2.63. The Labute approximate surface area is 92.7 Å². The van der Waals surface area contributed by atoms with Crippen molar-refractivity contribution in [3.63, 3.8) is 0 Å². The fourth-order valence-electron chi connectivity index (χ4n) is 1.83. The highest BCUT2D eigenvalue weighted by Gasteiger charge is 2.03. The summed E-state index contributed by atoms with van der Waals surface area (Å²) in [6, 6.07) is 0.626. The molecule has 0 aliphatic rings. The first-order valence-corrected chi connectivity index (χ1v) is 5.90. The van der Waals surface area contributed by atoms with Crippen molar-refractivity contribution in [3.05, 3.63) is 18.2 Å². The summed E-state index contributed by atoms with van der Waals surface area (Å²) < 4.78 is 0. The lowest BCUT2D eigenvalue weighted by atomic mass is 10.1. The number of H-pyrrole nitrogens is 1. The van der Waals surface area contributed by atoms with Gasteiger partial charge in [-0.3, -0.25) is 0 Å². The quantitative estimate of drug-likeness (QED) is 0.677. The van der Waals surface area contributed by atoms with E-state index in [0.717, 1.165) is 31.1 Å². The zero-order valence-electron chi connectivity index (χ0n) is 10.1. The Morgan fingerprint density at radius 3 is 2.80 bits per heavy atom. The normalized spacial score (nSPS) is 13.3. The molecule has 1 aromatic rings. The first-order valence-electron chi connectivity index (χ1n) is 5.90. The minimum atomic E-state index is 0.626. The number of hydrogen-bond acceptors (Lipinski definition) is 2. The average molecular weight is 209 g/mol. The van der Waals surface area contributed by atoms with Gasteiger partial charge in [-0.1, -0.05) is 13.8 Å². The molecule has 0 amide bonds. The van der Waals surface area contributed by atoms with Crippen LogP contribution in [0, 0.1) is 5.92 Å². The molecular formula is C12H23N3. The zero-order chi connectivity index (χ0) is 11.1. The molecule has 1 atom stereocenters. The van der Waals surface area contributed by atoms with Crippen LogP contribution in [0.3, 0.4) is 0 Å². The molecule has 0 fully saturated rings. The maximum atomic E-state index is 4.20. The second kappa shape index (κ2) is 6.62. The Balaban J connectivity index is 2.01. The Bertz CT molecular complexity index is 241. The van der Waals surface area contributed by atoms with E-state index in [1.54, 1.807) is 0 Å². The summed E-state index contributed by atoms with van der Waals surface area (Å²) in [5.41, 5.74) is 0. The standard InChI is InChI=1S/C12H23N3/c1-10(2)9-11(3)13-6-4-5-12-14-7-8-15-12/h7-8,10-11,13H,4-6,9H2,1-3H3,(H,14,15). The van der Waals surface area contributed by atoms with Gasteiger partial charge >= 0.3 is 0 Å². The van der Waals surface area contributed by atoms with Gasteiger partial charge in [-0.15, -0.1) is 0 Å². The highest BCUT2D eigenvalue weighted by molar-refractivity contribution is 4.86. The lowest BCUT2D eigenvalue weighted by Crippen LogP contribution is -2.28. The van der Waals surface area contributed by atoms with E-state index in [9.17, 15) is 0 Å². The van der Waals surface area contributed by atoms with Gasteiger partial charge in [-0.05, 0) is 32.2 Å². The van der Waals surface area contributed by atoms with E-state index in [0.29, 0.717) is 6.04 Å². The number of hydrogen-bond donors (Lipinski definition) is 2. The van der Waals surface area contributed by atoms with E-state index in [1.165, 1.54) is 6.42 Å². The Hall–Kier alpha value is -0.830. The number of aryl methyl sites for hydroxylation is 1. The van der Waals surface area contributed by atoms with Crippen molar-refractivity contribution in [3.8, 4) is 0 Å². The second-order valence-electron chi connectivity index (χ2n) is 4.62. The molecule has 1 aromatic heterocycles. The second-order valence-corrected chi connectivity index (χ2v) is 4.62. The summed E-state index contributed by atoms with van der Waals surface area (Å²) in [5, 5.41) is 3.53. The topological polar surface area (TPSA) is 40.7 Å². The third-order valence-corrected chi connectivity index (χ3v) is 2.46. The zero-order valence-corrected chi connectivity index (χ0v) is 10.1. The van der Waals surface area contributed by atoms with Crippen molar-refractivity contribution < 1.29 is 0 Å². The predicted molar refractivity (Wildman–Crippen MR) is 63.8 cm³/mol. The summed E-state index contributed by atoms with van der Waals surface area (Å²) in [5.74, 6) is 1.87. The molecule has 0 saturated carbocycles. The van der Waals surface area contributed by atoms with Gasteiger partial charge in [0.15, 0.2) is 0 Å². The molecule has 0 bridgehead atoms. The van der Waals surface area contributed by atoms with E-state index in [4.69, 9.17) is 0 Å². The van der Waals surface area contributed by atoms with Crippen molar-refractivity contribution in [2.45, 2.75) is 46.1 Å². The molecule has 1 unspecified atom stereocenters. The van der Waals surface area contributed by atoms with Crippen molar-refractivity contribution in [2.24, 2.45) is 5.92 Å². The number of aromatic nitrogens is 2. The molecule has 3 nitrogen and oxygen atoms in total. The number of imidazole rings is 1. The van der Waals surface area contributed by atoms with Crippen LogP contribution in [-0.4, -0.2) is 22.6 Å². The fourth-order valence-corrected chi connectivity index (χ4v) is 1.83. The summed E-state index contributed by atoms with van der Waals surface area (Å²) in [4.78, 5) is 7.32. The molecule has 0 aliphatic heterocycles. The van der Waals surface area contributed by atoms with Crippen LogP contribution < -0.4 is 5.32 Å². The smallest absolute Gasteiger partial charge is 0.106 e. The van der Waals surface area contributed by atoms with Gasteiger partial charge in [0, 0.05) is 24.9 Å². The Kier molecular flexibility index (Phi) is 5.40. The molecule has 0 spiro atoms. The molecule has 0 aromatic carbocycles. The summed E-state index contributed by atoms with van der Waals surface area (Å²) in [6.07, 6.45) is 7.12. The summed E-state index contributed by atoms with van der Waals surface area (Å²) in [7, 11) is 0. The van der Waals surface area contributed by atoms with Crippen LogP contribution in [0.1, 0.15) is 39.4 Å². The first kappa shape index (κ1) is 12.2.